The van der Waals surface area contributed by atoms with E-state index in [1.54, 1.807) is 38.4 Å². The fourth-order valence-electron chi connectivity index (χ4n) is 4.06. The summed E-state index contributed by atoms with van der Waals surface area (Å²) in [5.74, 6) is 0.939. The summed E-state index contributed by atoms with van der Waals surface area (Å²) in [5.41, 5.74) is 1.05. The molecule has 3 heterocycles. The van der Waals surface area contributed by atoms with Gasteiger partial charge in [0.25, 0.3) is 5.56 Å². The lowest BCUT2D eigenvalue weighted by Crippen LogP contribution is -2.44. The molecule has 0 bridgehead atoms. The highest BCUT2D eigenvalue weighted by atomic mass is 16.5. The number of ketones is 1. The summed E-state index contributed by atoms with van der Waals surface area (Å²) in [6.07, 6.45) is 2.02. The summed E-state index contributed by atoms with van der Waals surface area (Å²) in [6.45, 7) is 7.18. The molecule has 1 aromatic carbocycles. The van der Waals surface area contributed by atoms with Gasteiger partial charge in [0.1, 0.15) is 5.75 Å². The molecular formula is C24H30N6O4. The zero-order valence-corrected chi connectivity index (χ0v) is 20.0. The predicted octanol–water partition coefficient (Wildman–Crippen LogP) is 1.16. The van der Waals surface area contributed by atoms with Gasteiger partial charge in [0.2, 0.25) is 5.95 Å². The van der Waals surface area contributed by atoms with Gasteiger partial charge in [-0.15, -0.1) is 0 Å². The van der Waals surface area contributed by atoms with Gasteiger partial charge in [-0.1, -0.05) is 11.6 Å². The van der Waals surface area contributed by atoms with E-state index in [0.29, 0.717) is 35.0 Å². The molecule has 1 N–H and O–H groups in total. The topological polar surface area (TPSA) is 103 Å². The van der Waals surface area contributed by atoms with E-state index in [9.17, 15) is 14.4 Å². The first-order valence-electron chi connectivity index (χ1n) is 11.3. The third kappa shape index (κ3) is 4.41. The van der Waals surface area contributed by atoms with E-state index in [2.05, 4.69) is 10.2 Å². The van der Waals surface area contributed by atoms with Crippen molar-refractivity contribution in [1.29, 1.82) is 0 Å². The average Bonchev–Trinajstić information content (AvgIpc) is 3.24. The van der Waals surface area contributed by atoms with Gasteiger partial charge in [-0.05, 0) is 38.1 Å². The fraction of sp³-hybridized carbons (Fsp3) is 0.417. The molecule has 10 nitrogen and oxygen atoms in total. The summed E-state index contributed by atoms with van der Waals surface area (Å²) < 4.78 is 9.33. The van der Waals surface area contributed by atoms with E-state index in [1.807, 2.05) is 24.5 Å². The third-order valence-electron chi connectivity index (χ3n) is 6.01. The summed E-state index contributed by atoms with van der Waals surface area (Å²) in [7, 11) is 3.13. The molecule has 1 saturated heterocycles. The van der Waals surface area contributed by atoms with Crippen LogP contribution in [0, 0.1) is 0 Å². The van der Waals surface area contributed by atoms with Gasteiger partial charge in [0, 0.05) is 45.3 Å². The number of Topliss-reactive ketones (excluding diaryl/α,β-unsaturated/α-hetero) is 1. The van der Waals surface area contributed by atoms with Gasteiger partial charge in [-0.25, -0.2) is 4.79 Å². The van der Waals surface area contributed by atoms with Crippen LogP contribution in [0.3, 0.4) is 0 Å². The van der Waals surface area contributed by atoms with E-state index in [1.165, 1.54) is 4.57 Å². The van der Waals surface area contributed by atoms with Crippen LogP contribution in [-0.4, -0.2) is 57.8 Å². The quantitative estimate of drug-likeness (QED) is 0.412. The number of aryl methyl sites for hydroxylation is 1. The minimum atomic E-state index is -0.571. The fourth-order valence-corrected chi connectivity index (χ4v) is 4.06. The number of aromatic nitrogens is 4. The molecule has 2 aromatic heterocycles. The first-order valence-corrected chi connectivity index (χ1v) is 11.3. The van der Waals surface area contributed by atoms with Gasteiger partial charge in [-0.2, -0.15) is 4.98 Å². The first kappa shape index (κ1) is 23.5. The lowest BCUT2D eigenvalue weighted by Gasteiger charge is -2.28. The van der Waals surface area contributed by atoms with Crippen LogP contribution < -0.4 is 26.2 Å². The normalized spacial score (nSPS) is 13.8. The standard InChI is InChI=1S/C24H30N6O4/c1-16(2)9-12-29-20-21(26-23(29)28-13-10-25-11-14-28)27(3)24(33)30(22(20)32)15-19(31)17-5-7-18(34-4)8-6-17/h5-9,25H,10-15H2,1-4H3. The summed E-state index contributed by atoms with van der Waals surface area (Å²) in [5, 5.41) is 3.32. The molecule has 1 aliphatic heterocycles. The van der Waals surface area contributed by atoms with Crippen molar-refractivity contribution in [2.24, 2.45) is 7.05 Å². The van der Waals surface area contributed by atoms with E-state index in [-0.39, 0.29) is 12.3 Å². The largest absolute Gasteiger partial charge is 0.497 e. The molecule has 0 saturated carbocycles. The van der Waals surface area contributed by atoms with E-state index in [0.717, 1.165) is 36.3 Å². The molecule has 0 aliphatic carbocycles. The van der Waals surface area contributed by atoms with Gasteiger partial charge >= 0.3 is 5.69 Å². The zero-order chi connectivity index (χ0) is 24.4. The minimum absolute atomic E-state index is 0.315. The second-order valence-electron chi connectivity index (χ2n) is 8.60. The number of fused-ring (bicyclic) bond motifs is 1. The molecule has 1 fully saturated rings. The Morgan fingerprint density at radius 2 is 1.79 bits per heavy atom. The molecule has 180 valence electrons. The number of piperazine rings is 1. The highest BCUT2D eigenvalue weighted by Crippen LogP contribution is 2.21. The third-order valence-corrected chi connectivity index (χ3v) is 6.01. The molecule has 0 amide bonds. The number of nitrogens with one attached hydrogen (secondary N) is 1. The second-order valence-corrected chi connectivity index (χ2v) is 8.60. The number of carbonyl (C=O) groups excluding carboxylic acids is 1. The van der Waals surface area contributed by atoms with Gasteiger partial charge in [0.05, 0.1) is 13.7 Å². The minimum Gasteiger partial charge on any atom is -0.497 e. The van der Waals surface area contributed by atoms with Crippen molar-refractivity contribution in [3.8, 4) is 5.75 Å². The van der Waals surface area contributed by atoms with Crippen molar-refractivity contribution in [3.05, 3.63) is 62.3 Å². The molecular weight excluding hydrogens is 436 g/mol. The van der Waals surface area contributed by atoms with Gasteiger partial charge in [0.15, 0.2) is 16.9 Å². The molecule has 0 unspecified atom stereocenters. The number of rotatable bonds is 7. The van der Waals surface area contributed by atoms with E-state index < -0.39 is 11.2 Å². The van der Waals surface area contributed by atoms with Crippen LogP contribution in [-0.2, 0) is 20.1 Å². The smallest absolute Gasteiger partial charge is 0.332 e. The number of ether oxygens (including phenoxy) is 1. The molecule has 0 atom stereocenters. The first-order chi connectivity index (χ1) is 16.3. The molecule has 0 spiro atoms. The Morgan fingerprint density at radius 1 is 1.12 bits per heavy atom. The Morgan fingerprint density at radius 3 is 2.41 bits per heavy atom. The summed E-state index contributed by atoms with van der Waals surface area (Å²) in [6, 6.07) is 6.59. The number of anilines is 1. The van der Waals surface area contributed by atoms with Crippen LogP contribution in [0.15, 0.2) is 45.5 Å². The van der Waals surface area contributed by atoms with Crippen molar-refractivity contribution in [3.63, 3.8) is 0 Å². The van der Waals surface area contributed by atoms with Crippen LogP contribution in [0.2, 0.25) is 0 Å². The lowest BCUT2D eigenvalue weighted by atomic mass is 10.1. The molecule has 1 aliphatic rings. The Kier molecular flexibility index (Phi) is 6.69. The van der Waals surface area contributed by atoms with Crippen molar-refractivity contribution in [2.75, 3.05) is 38.2 Å². The average molecular weight is 467 g/mol. The number of allylic oxidation sites excluding steroid dienone is 2. The molecule has 34 heavy (non-hydrogen) atoms. The number of hydrogen-bond acceptors (Lipinski definition) is 7. The lowest BCUT2D eigenvalue weighted by molar-refractivity contribution is 0.0969. The maximum atomic E-state index is 13.6. The summed E-state index contributed by atoms with van der Waals surface area (Å²) in [4.78, 5) is 46.5. The maximum Gasteiger partial charge on any atom is 0.332 e. The number of hydrogen-bond donors (Lipinski definition) is 1. The highest BCUT2D eigenvalue weighted by molar-refractivity contribution is 5.96. The number of carbonyl (C=O) groups is 1. The number of imidazole rings is 1. The molecule has 10 heteroatoms. The number of nitrogens with zero attached hydrogens (tertiary/aromatic N) is 5. The van der Waals surface area contributed by atoms with Crippen molar-refractivity contribution >= 4 is 22.9 Å². The zero-order valence-electron chi connectivity index (χ0n) is 20.0. The Labute approximate surface area is 197 Å². The Balaban J connectivity index is 1.84. The molecule has 0 radical (unpaired) electrons. The van der Waals surface area contributed by atoms with Crippen LogP contribution >= 0.6 is 0 Å². The van der Waals surface area contributed by atoms with Crippen LogP contribution in [0.4, 0.5) is 5.95 Å². The van der Waals surface area contributed by atoms with Crippen molar-refractivity contribution in [2.45, 2.75) is 26.9 Å². The van der Waals surface area contributed by atoms with Gasteiger partial charge in [-0.3, -0.25) is 18.7 Å². The van der Waals surface area contributed by atoms with Crippen molar-refractivity contribution < 1.29 is 9.53 Å². The monoisotopic (exact) mass is 466 g/mol. The predicted molar refractivity (Wildman–Crippen MR) is 131 cm³/mol. The maximum absolute atomic E-state index is 13.6. The highest BCUT2D eigenvalue weighted by Gasteiger charge is 2.24. The Bertz CT molecular complexity index is 1350. The second kappa shape index (κ2) is 9.68. The Hall–Kier alpha value is -3.66. The van der Waals surface area contributed by atoms with E-state index >= 15 is 0 Å². The van der Waals surface area contributed by atoms with Gasteiger partial charge < -0.3 is 19.5 Å². The SMILES string of the molecule is COc1ccc(C(=O)Cn2c(=O)c3c(nc(N4CCNCC4)n3CC=C(C)C)n(C)c2=O)cc1. The van der Waals surface area contributed by atoms with Crippen LogP contribution in [0.5, 0.6) is 5.75 Å². The number of benzene rings is 1. The van der Waals surface area contributed by atoms with Crippen molar-refractivity contribution in [1.82, 2.24) is 24.0 Å². The number of methoxy groups -OCH3 is 1. The van der Waals surface area contributed by atoms with Crippen LogP contribution in [0.25, 0.3) is 11.2 Å². The van der Waals surface area contributed by atoms with E-state index in [4.69, 9.17) is 9.72 Å². The molecule has 4 rings (SSSR count). The summed E-state index contributed by atoms with van der Waals surface area (Å²) >= 11 is 0. The molecule has 3 aromatic rings. The van der Waals surface area contributed by atoms with Crippen LogP contribution in [0.1, 0.15) is 24.2 Å².